The number of aliphatic carboxylic acids is 2. The van der Waals surface area contributed by atoms with Crippen molar-refractivity contribution in [1.82, 2.24) is 14.7 Å². The third-order valence-corrected chi connectivity index (χ3v) is 5.24. The summed E-state index contributed by atoms with van der Waals surface area (Å²) in [4.78, 5) is 25.9. The van der Waals surface area contributed by atoms with Crippen LogP contribution >= 0.6 is 0 Å². The Morgan fingerprint density at radius 1 is 1.00 bits per heavy atom. The van der Waals surface area contributed by atoms with Crippen molar-refractivity contribution in [3.05, 3.63) is 0 Å². The molecular formula is C17H33N3O5. The van der Waals surface area contributed by atoms with Crippen molar-refractivity contribution < 1.29 is 24.9 Å². The number of aliphatic hydroxyl groups excluding tert-OH is 1. The summed E-state index contributed by atoms with van der Waals surface area (Å²) in [6.45, 7) is 13.0. The highest BCUT2D eigenvalue weighted by molar-refractivity contribution is 6.27. The van der Waals surface area contributed by atoms with Gasteiger partial charge in [0.1, 0.15) is 0 Å². The number of β-amino-alcohol motifs (C(OH)–C–C–N with tert-alkyl or cyclic N) is 1. The van der Waals surface area contributed by atoms with Gasteiger partial charge in [-0.15, -0.1) is 0 Å². The largest absolute Gasteiger partial charge is 0.473 e. The third kappa shape index (κ3) is 7.68. The molecule has 1 unspecified atom stereocenters. The molecule has 3 N–H and O–H groups in total. The van der Waals surface area contributed by atoms with Crippen LogP contribution in [0, 0.1) is 0 Å². The molecule has 2 heterocycles. The fourth-order valence-corrected chi connectivity index (χ4v) is 3.44. The summed E-state index contributed by atoms with van der Waals surface area (Å²) in [5.41, 5.74) is 0. The van der Waals surface area contributed by atoms with Crippen molar-refractivity contribution in [2.45, 2.75) is 45.2 Å². The molecule has 2 aliphatic heterocycles. The van der Waals surface area contributed by atoms with Crippen molar-refractivity contribution in [2.75, 3.05) is 52.4 Å². The molecule has 0 amide bonds. The molecule has 2 aliphatic rings. The number of carboxylic acids is 2. The van der Waals surface area contributed by atoms with E-state index in [1.807, 2.05) is 0 Å². The second-order valence-electron chi connectivity index (χ2n) is 6.74. The number of carbonyl (C=O) groups is 2. The summed E-state index contributed by atoms with van der Waals surface area (Å²) in [6.07, 6.45) is 3.94. The second kappa shape index (κ2) is 11.4. The van der Waals surface area contributed by atoms with Crippen LogP contribution in [0.15, 0.2) is 0 Å². The van der Waals surface area contributed by atoms with E-state index in [2.05, 4.69) is 28.5 Å². The van der Waals surface area contributed by atoms with Crippen molar-refractivity contribution in [3.63, 3.8) is 0 Å². The Bertz CT molecular complexity index is 393. The summed E-state index contributed by atoms with van der Waals surface area (Å²) in [7, 11) is 0. The highest BCUT2D eigenvalue weighted by Crippen LogP contribution is 2.20. The molecular weight excluding hydrogens is 326 g/mol. The van der Waals surface area contributed by atoms with E-state index in [9.17, 15) is 0 Å². The van der Waals surface area contributed by atoms with Gasteiger partial charge in [-0.1, -0.05) is 6.92 Å². The van der Waals surface area contributed by atoms with E-state index in [4.69, 9.17) is 24.9 Å². The molecule has 0 spiro atoms. The number of piperidine rings is 1. The highest BCUT2D eigenvalue weighted by Gasteiger charge is 2.28. The summed E-state index contributed by atoms with van der Waals surface area (Å²) in [5, 5.41) is 23.8. The van der Waals surface area contributed by atoms with E-state index in [1.54, 1.807) is 0 Å². The monoisotopic (exact) mass is 359 g/mol. The van der Waals surface area contributed by atoms with Crippen LogP contribution in [0.1, 0.15) is 33.1 Å². The van der Waals surface area contributed by atoms with Gasteiger partial charge >= 0.3 is 11.9 Å². The molecule has 0 radical (unpaired) electrons. The van der Waals surface area contributed by atoms with Crippen LogP contribution in [-0.2, 0) is 9.59 Å². The van der Waals surface area contributed by atoms with Crippen LogP contribution in [0.25, 0.3) is 0 Å². The average Bonchev–Trinajstić information content (AvgIpc) is 2.62. The van der Waals surface area contributed by atoms with Crippen LogP contribution < -0.4 is 0 Å². The third-order valence-electron chi connectivity index (χ3n) is 5.24. The van der Waals surface area contributed by atoms with Crippen LogP contribution in [0.4, 0.5) is 0 Å². The molecule has 146 valence electrons. The minimum absolute atomic E-state index is 0.299. The molecule has 0 aromatic heterocycles. The lowest BCUT2D eigenvalue weighted by Crippen LogP contribution is -2.54. The van der Waals surface area contributed by atoms with Gasteiger partial charge in [0.15, 0.2) is 0 Å². The van der Waals surface area contributed by atoms with Gasteiger partial charge in [0, 0.05) is 44.8 Å². The Hall–Kier alpha value is -1.22. The fourth-order valence-electron chi connectivity index (χ4n) is 3.44. The molecule has 2 saturated heterocycles. The molecule has 0 aliphatic carbocycles. The number of hydrogen-bond donors (Lipinski definition) is 3. The maximum atomic E-state index is 9.10. The van der Waals surface area contributed by atoms with Gasteiger partial charge in [0.05, 0.1) is 6.61 Å². The first-order valence-electron chi connectivity index (χ1n) is 9.16. The maximum Gasteiger partial charge on any atom is 0.414 e. The van der Waals surface area contributed by atoms with E-state index in [-0.39, 0.29) is 0 Å². The molecule has 0 bridgehead atoms. The zero-order valence-corrected chi connectivity index (χ0v) is 15.4. The first-order chi connectivity index (χ1) is 11.9. The summed E-state index contributed by atoms with van der Waals surface area (Å²) >= 11 is 0. The lowest BCUT2D eigenvalue weighted by molar-refractivity contribution is -0.159. The predicted molar refractivity (Wildman–Crippen MR) is 94.7 cm³/mol. The Morgan fingerprint density at radius 3 is 1.92 bits per heavy atom. The van der Waals surface area contributed by atoms with Crippen LogP contribution in [-0.4, -0.2) is 106 Å². The topological polar surface area (TPSA) is 105 Å². The number of hydrogen-bond acceptors (Lipinski definition) is 6. The predicted octanol–water partition coefficient (Wildman–Crippen LogP) is 0.0148. The molecule has 25 heavy (non-hydrogen) atoms. The number of aliphatic hydroxyl groups is 1. The SMILES string of the molecule is CCC(C)N1CCC(N2CCN(CCO)CC2)CC1.O=C(O)C(=O)O. The van der Waals surface area contributed by atoms with Gasteiger partial charge < -0.3 is 20.2 Å². The van der Waals surface area contributed by atoms with Crippen LogP contribution in [0.5, 0.6) is 0 Å². The summed E-state index contributed by atoms with van der Waals surface area (Å²) < 4.78 is 0. The molecule has 2 rings (SSSR count). The van der Waals surface area contributed by atoms with Gasteiger partial charge in [-0.05, 0) is 39.3 Å². The van der Waals surface area contributed by atoms with Crippen LogP contribution in [0.3, 0.4) is 0 Å². The molecule has 0 aromatic rings. The molecule has 2 fully saturated rings. The van der Waals surface area contributed by atoms with E-state index >= 15 is 0 Å². The quantitative estimate of drug-likeness (QED) is 0.590. The first kappa shape index (κ1) is 21.8. The smallest absolute Gasteiger partial charge is 0.414 e. The summed E-state index contributed by atoms with van der Waals surface area (Å²) in [6, 6.07) is 1.55. The number of nitrogens with zero attached hydrogens (tertiary/aromatic N) is 3. The number of piperazine rings is 1. The van der Waals surface area contributed by atoms with Gasteiger partial charge in [-0.2, -0.15) is 0 Å². The lowest BCUT2D eigenvalue weighted by atomic mass is 10.0. The Labute approximate surface area is 150 Å². The zero-order valence-electron chi connectivity index (χ0n) is 15.4. The van der Waals surface area contributed by atoms with E-state index in [1.165, 1.54) is 45.4 Å². The number of rotatable bonds is 5. The van der Waals surface area contributed by atoms with Gasteiger partial charge in [-0.3, -0.25) is 9.80 Å². The van der Waals surface area contributed by atoms with Gasteiger partial charge in [0.2, 0.25) is 0 Å². The summed E-state index contributed by atoms with van der Waals surface area (Å²) in [5.74, 6) is -3.65. The standard InChI is InChI=1S/C15H31N3O.C2H2O4/c1-3-14(2)17-6-4-15(5-7-17)18-10-8-16(9-11-18)12-13-19;3-1(4)2(5)6/h14-15,19H,3-13H2,1-2H3;(H,3,4)(H,5,6). The Morgan fingerprint density at radius 2 is 1.52 bits per heavy atom. The molecule has 8 nitrogen and oxygen atoms in total. The molecule has 0 saturated carbocycles. The first-order valence-corrected chi connectivity index (χ1v) is 9.16. The van der Waals surface area contributed by atoms with Gasteiger partial charge in [-0.25, -0.2) is 9.59 Å². The van der Waals surface area contributed by atoms with Crippen molar-refractivity contribution in [1.29, 1.82) is 0 Å². The fraction of sp³-hybridized carbons (Fsp3) is 0.882. The minimum atomic E-state index is -1.82. The normalized spacial score (nSPS) is 22.0. The van der Waals surface area contributed by atoms with Crippen molar-refractivity contribution >= 4 is 11.9 Å². The van der Waals surface area contributed by atoms with Crippen LogP contribution in [0.2, 0.25) is 0 Å². The minimum Gasteiger partial charge on any atom is -0.473 e. The highest BCUT2D eigenvalue weighted by atomic mass is 16.4. The average molecular weight is 359 g/mol. The van der Waals surface area contributed by atoms with Crippen molar-refractivity contribution in [2.24, 2.45) is 0 Å². The van der Waals surface area contributed by atoms with Crippen molar-refractivity contribution in [3.8, 4) is 0 Å². The Balaban J connectivity index is 0.000000450. The molecule has 8 heteroatoms. The van der Waals surface area contributed by atoms with Gasteiger partial charge in [0.25, 0.3) is 0 Å². The molecule has 0 aromatic carbocycles. The zero-order chi connectivity index (χ0) is 18.8. The van der Waals surface area contributed by atoms with E-state index < -0.39 is 11.9 Å². The van der Waals surface area contributed by atoms with E-state index in [0.29, 0.717) is 6.61 Å². The number of likely N-dealkylation sites (tertiary alicyclic amines) is 1. The second-order valence-corrected chi connectivity index (χ2v) is 6.74. The Kier molecular flexibility index (Phi) is 9.96. The lowest BCUT2D eigenvalue weighted by Gasteiger charge is -2.43. The molecule has 1 atom stereocenters. The maximum absolute atomic E-state index is 9.10. The number of carboxylic acid groups (broad SMARTS) is 2. The van der Waals surface area contributed by atoms with E-state index in [0.717, 1.165) is 31.7 Å².